The standard InChI is InChI=1S/C11H23N3O3/c1-12-7-5-11(16)14(2)9-10(15)13-6-4-8-17-3/h12H,4-9H2,1-3H3,(H,13,15). The molecule has 0 aromatic heterocycles. The average molecular weight is 245 g/mol. The quantitative estimate of drug-likeness (QED) is 0.522. The van der Waals surface area contributed by atoms with Crippen LogP contribution in [-0.2, 0) is 14.3 Å². The van der Waals surface area contributed by atoms with Gasteiger partial charge in [-0.05, 0) is 13.5 Å². The van der Waals surface area contributed by atoms with Gasteiger partial charge in [-0.3, -0.25) is 9.59 Å². The second-order valence-electron chi connectivity index (χ2n) is 3.80. The fourth-order valence-electron chi connectivity index (χ4n) is 1.23. The van der Waals surface area contributed by atoms with Gasteiger partial charge < -0.3 is 20.3 Å². The molecule has 2 amide bonds. The van der Waals surface area contributed by atoms with Crippen molar-refractivity contribution in [3.05, 3.63) is 0 Å². The fraction of sp³-hybridized carbons (Fsp3) is 0.818. The summed E-state index contributed by atoms with van der Waals surface area (Å²) < 4.78 is 4.86. The molecule has 17 heavy (non-hydrogen) atoms. The van der Waals surface area contributed by atoms with Crippen LogP contribution in [0.5, 0.6) is 0 Å². The number of nitrogens with one attached hydrogen (secondary N) is 2. The number of nitrogens with zero attached hydrogens (tertiary/aromatic N) is 1. The Morgan fingerprint density at radius 1 is 1.29 bits per heavy atom. The molecule has 6 heteroatoms. The third-order valence-corrected chi connectivity index (χ3v) is 2.24. The lowest BCUT2D eigenvalue weighted by Gasteiger charge is -2.16. The molecule has 0 aliphatic carbocycles. The Labute approximate surface area is 103 Å². The van der Waals surface area contributed by atoms with Crippen molar-refractivity contribution in [2.45, 2.75) is 12.8 Å². The molecule has 0 unspecified atom stereocenters. The molecule has 0 aliphatic heterocycles. The summed E-state index contributed by atoms with van der Waals surface area (Å²) in [5.74, 6) is -0.173. The van der Waals surface area contributed by atoms with Crippen LogP contribution in [0.2, 0.25) is 0 Å². The minimum atomic E-state index is -0.138. The van der Waals surface area contributed by atoms with Crippen LogP contribution in [0.4, 0.5) is 0 Å². The molecule has 0 saturated carbocycles. The second kappa shape index (κ2) is 10.0. The van der Waals surface area contributed by atoms with Crippen LogP contribution in [0.1, 0.15) is 12.8 Å². The Morgan fingerprint density at radius 2 is 2.00 bits per heavy atom. The Morgan fingerprint density at radius 3 is 2.59 bits per heavy atom. The van der Waals surface area contributed by atoms with Crippen molar-refractivity contribution in [3.8, 4) is 0 Å². The normalized spacial score (nSPS) is 10.1. The summed E-state index contributed by atoms with van der Waals surface area (Å²) in [6.07, 6.45) is 1.18. The maximum absolute atomic E-state index is 11.5. The van der Waals surface area contributed by atoms with Gasteiger partial charge in [0.05, 0.1) is 6.54 Å². The highest BCUT2D eigenvalue weighted by molar-refractivity contribution is 5.84. The van der Waals surface area contributed by atoms with Crippen molar-refractivity contribution < 1.29 is 14.3 Å². The fourth-order valence-corrected chi connectivity index (χ4v) is 1.23. The number of carbonyl (C=O) groups excluding carboxylic acids is 2. The van der Waals surface area contributed by atoms with Gasteiger partial charge in [-0.25, -0.2) is 0 Å². The Balaban J connectivity index is 3.67. The molecule has 6 nitrogen and oxygen atoms in total. The van der Waals surface area contributed by atoms with Gasteiger partial charge >= 0.3 is 0 Å². The SMILES string of the molecule is CNCCC(=O)N(C)CC(=O)NCCCOC. The van der Waals surface area contributed by atoms with E-state index in [-0.39, 0.29) is 18.4 Å². The summed E-state index contributed by atoms with van der Waals surface area (Å²) in [6.45, 7) is 1.93. The highest BCUT2D eigenvalue weighted by Gasteiger charge is 2.11. The van der Waals surface area contributed by atoms with Gasteiger partial charge in [0.15, 0.2) is 0 Å². The second-order valence-corrected chi connectivity index (χ2v) is 3.80. The molecular formula is C11H23N3O3. The van der Waals surface area contributed by atoms with Crippen molar-refractivity contribution in [3.63, 3.8) is 0 Å². The number of likely N-dealkylation sites (N-methyl/N-ethyl adjacent to an activating group) is 1. The van der Waals surface area contributed by atoms with Gasteiger partial charge in [0.25, 0.3) is 0 Å². The van der Waals surface area contributed by atoms with E-state index in [1.54, 1.807) is 21.2 Å². The van der Waals surface area contributed by atoms with Crippen LogP contribution in [0.15, 0.2) is 0 Å². The van der Waals surface area contributed by atoms with Crippen LogP contribution in [-0.4, -0.2) is 64.2 Å². The number of hydrogen-bond donors (Lipinski definition) is 2. The maximum atomic E-state index is 11.5. The molecule has 0 saturated heterocycles. The summed E-state index contributed by atoms with van der Waals surface area (Å²) in [5.41, 5.74) is 0. The van der Waals surface area contributed by atoms with E-state index in [9.17, 15) is 9.59 Å². The minimum Gasteiger partial charge on any atom is -0.385 e. The van der Waals surface area contributed by atoms with Crippen LogP contribution in [0.25, 0.3) is 0 Å². The topological polar surface area (TPSA) is 70.7 Å². The first-order chi connectivity index (χ1) is 8.11. The molecule has 0 bridgehead atoms. The zero-order chi connectivity index (χ0) is 13.1. The van der Waals surface area contributed by atoms with E-state index in [0.29, 0.717) is 26.1 Å². The number of ether oxygens (including phenoxy) is 1. The van der Waals surface area contributed by atoms with E-state index in [2.05, 4.69) is 10.6 Å². The van der Waals surface area contributed by atoms with E-state index in [1.165, 1.54) is 4.90 Å². The van der Waals surface area contributed by atoms with Crippen molar-refractivity contribution in [2.75, 3.05) is 47.4 Å². The van der Waals surface area contributed by atoms with E-state index in [0.717, 1.165) is 6.42 Å². The number of methoxy groups -OCH3 is 1. The summed E-state index contributed by atoms with van der Waals surface area (Å²) in [5, 5.41) is 5.62. The Hall–Kier alpha value is -1.14. The van der Waals surface area contributed by atoms with Crippen LogP contribution >= 0.6 is 0 Å². The maximum Gasteiger partial charge on any atom is 0.239 e. The van der Waals surface area contributed by atoms with Crippen LogP contribution < -0.4 is 10.6 Å². The lowest BCUT2D eigenvalue weighted by Crippen LogP contribution is -2.39. The zero-order valence-corrected chi connectivity index (χ0v) is 10.9. The number of carbonyl (C=O) groups is 2. The van der Waals surface area contributed by atoms with Gasteiger partial charge in [0.2, 0.25) is 11.8 Å². The number of hydrogen-bond acceptors (Lipinski definition) is 4. The van der Waals surface area contributed by atoms with Crippen molar-refractivity contribution >= 4 is 11.8 Å². The summed E-state index contributed by atoms with van der Waals surface area (Å²) in [6, 6.07) is 0. The first-order valence-corrected chi connectivity index (χ1v) is 5.76. The molecule has 0 aromatic carbocycles. The summed E-state index contributed by atoms with van der Waals surface area (Å²) in [7, 11) is 5.04. The number of amides is 2. The van der Waals surface area contributed by atoms with Gasteiger partial charge in [-0.1, -0.05) is 0 Å². The van der Waals surface area contributed by atoms with Gasteiger partial charge in [0.1, 0.15) is 0 Å². The first-order valence-electron chi connectivity index (χ1n) is 5.76. The molecule has 0 spiro atoms. The molecule has 0 rings (SSSR count). The number of rotatable bonds is 9. The lowest BCUT2D eigenvalue weighted by molar-refractivity contribution is -0.134. The van der Waals surface area contributed by atoms with Crippen molar-refractivity contribution in [1.29, 1.82) is 0 Å². The van der Waals surface area contributed by atoms with Gasteiger partial charge in [-0.15, -0.1) is 0 Å². The molecule has 0 radical (unpaired) electrons. The smallest absolute Gasteiger partial charge is 0.239 e. The summed E-state index contributed by atoms with van der Waals surface area (Å²) >= 11 is 0. The van der Waals surface area contributed by atoms with E-state index >= 15 is 0 Å². The Kier molecular flexibility index (Phi) is 9.37. The zero-order valence-electron chi connectivity index (χ0n) is 10.9. The van der Waals surface area contributed by atoms with Crippen LogP contribution in [0, 0.1) is 0 Å². The predicted octanol–water partition coefficient (Wildman–Crippen LogP) is -0.793. The van der Waals surface area contributed by atoms with E-state index < -0.39 is 0 Å². The molecule has 0 aliphatic rings. The third-order valence-electron chi connectivity index (χ3n) is 2.24. The summed E-state index contributed by atoms with van der Waals surface area (Å²) in [4.78, 5) is 24.4. The highest BCUT2D eigenvalue weighted by Crippen LogP contribution is 1.89. The molecule has 100 valence electrons. The van der Waals surface area contributed by atoms with Gasteiger partial charge in [0, 0.05) is 40.3 Å². The van der Waals surface area contributed by atoms with E-state index in [4.69, 9.17) is 4.74 Å². The molecule has 2 N–H and O–H groups in total. The van der Waals surface area contributed by atoms with E-state index in [1.807, 2.05) is 0 Å². The van der Waals surface area contributed by atoms with Crippen molar-refractivity contribution in [1.82, 2.24) is 15.5 Å². The largest absolute Gasteiger partial charge is 0.385 e. The first kappa shape index (κ1) is 15.9. The highest BCUT2D eigenvalue weighted by atomic mass is 16.5. The van der Waals surface area contributed by atoms with Crippen molar-refractivity contribution in [2.24, 2.45) is 0 Å². The minimum absolute atomic E-state index is 0.0357. The average Bonchev–Trinajstić information content (AvgIpc) is 2.31. The molecule has 0 fully saturated rings. The Bertz CT molecular complexity index is 234. The third kappa shape index (κ3) is 8.65. The molecular weight excluding hydrogens is 222 g/mol. The monoisotopic (exact) mass is 245 g/mol. The van der Waals surface area contributed by atoms with Crippen LogP contribution in [0.3, 0.4) is 0 Å². The molecule has 0 heterocycles. The molecule has 0 aromatic rings. The predicted molar refractivity (Wildman–Crippen MR) is 65.7 cm³/mol. The molecule has 0 atom stereocenters. The van der Waals surface area contributed by atoms with Gasteiger partial charge in [-0.2, -0.15) is 0 Å². The lowest BCUT2D eigenvalue weighted by atomic mass is 10.3.